The molecule has 1 aliphatic rings. The van der Waals surface area contributed by atoms with Gasteiger partial charge in [0.2, 0.25) is 0 Å². The van der Waals surface area contributed by atoms with Gasteiger partial charge >= 0.3 is 6.18 Å². The Labute approximate surface area is 151 Å². The first-order valence-corrected chi connectivity index (χ1v) is 8.85. The van der Waals surface area contributed by atoms with E-state index in [1.165, 1.54) is 0 Å². The van der Waals surface area contributed by atoms with Crippen molar-refractivity contribution in [1.82, 2.24) is 14.9 Å². The fraction of sp³-hybridized carbons (Fsp3) is 0.526. The molecule has 1 aliphatic heterocycles. The maximum absolute atomic E-state index is 12.8. The molecule has 3 rings (SSSR count). The van der Waals surface area contributed by atoms with Crippen LogP contribution in [0.4, 0.5) is 13.2 Å². The van der Waals surface area contributed by atoms with Crippen LogP contribution in [0.15, 0.2) is 30.5 Å². The Morgan fingerprint density at radius 3 is 2.85 bits per heavy atom. The minimum absolute atomic E-state index is 0.251. The number of fused-ring (bicyclic) bond motifs is 1. The molecule has 2 atom stereocenters. The van der Waals surface area contributed by atoms with Gasteiger partial charge in [0.1, 0.15) is 11.6 Å². The predicted molar refractivity (Wildman–Crippen MR) is 93.2 cm³/mol. The third-order valence-electron chi connectivity index (χ3n) is 4.85. The monoisotopic (exact) mass is 367 g/mol. The zero-order valence-corrected chi connectivity index (χ0v) is 15.0. The van der Waals surface area contributed by atoms with Gasteiger partial charge in [0.15, 0.2) is 5.69 Å². The first-order chi connectivity index (χ1) is 12.4. The zero-order chi connectivity index (χ0) is 18.7. The van der Waals surface area contributed by atoms with Gasteiger partial charge in [-0.05, 0) is 43.9 Å². The van der Waals surface area contributed by atoms with Crippen LogP contribution in [-0.2, 0) is 25.6 Å². The number of hydrogen-bond acceptors (Lipinski definition) is 3. The number of benzene rings is 1. The summed E-state index contributed by atoms with van der Waals surface area (Å²) in [6, 6.07) is 8.18. The van der Waals surface area contributed by atoms with Crippen molar-refractivity contribution >= 4 is 0 Å². The largest absolute Gasteiger partial charge is 0.496 e. The highest BCUT2D eigenvalue weighted by Crippen LogP contribution is 2.30. The molecule has 0 radical (unpaired) electrons. The summed E-state index contributed by atoms with van der Waals surface area (Å²) in [5, 5.41) is 3.51. The molecule has 142 valence electrons. The summed E-state index contributed by atoms with van der Waals surface area (Å²) in [5.41, 5.74) is 0.357. The van der Waals surface area contributed by atoms with Crippen LogP contribution in [0.2, 0.25) is 0 Å². The van der Waals surface area contributed by atoms with E-state index < -0.39 is 11.9 Å². The molecule has 0 unspecified atom stereocenters. The van der Waals surface area contributed by atoms with E-state index >= 15 is 0 Å². The molecule has 1 N–H and O–H groups in total. The third kappa shape index (κ3) is 4.38. The lowest BCUT2D eigenvalue weighted by Gasteiger charge is -2.26. The topological polar surface area (TPSA) is 39.1 Å². The van der Waals surface area contributed by atoms with Crippen molar-refractivity contribution in [2.24, 2.45) is 5.92 Å². The second-order valence-electron chi connectivity index (χ2n) is 6.92. The summed E-state index contributed by atoms with van der Waals surface area (Å²) in [6.07, 6.45) is -0.960. The van der Waals surface area contributed by atoms with E-state index in [0.717, 1.165) is 36.9 Å². The third-order valence-corrected chi connectivity index (χ3v) is 4.85. The van der Waals surface area contributed by atoms with E-state index in [9.17, 15) is 13.2 Å². The number of methoxy groups -OCH3 is 1. The number of hydrogen-bond donors (Lipinski definition) is 1. The molecular formula is C19H24F3N3O. The second-order valence-corrected chi connectivity index (χ2v) is 6.92. The predicted octanol–water partition coefficient (Wildman–Crippen LogP) is 3.69. The Morgan fingerprint density at radius 1 is 1.35 bits per heavy atom. The van der Waals surface area contributed by atoms with Crippen LogP contribution >= 0.6 is 0 Å². The van der Waals surface area contributed by atoms with Crippen LogP contribution in [-0.4, -0.2) is 29.2 Å². The quantitative estimate of drug-likeness (QED) is 0.846. The Balaban J connectivity index is 1.53. The highest BCUT2D eigenvalue weighted by molar-refractivity contribution is 5.33. The summed E-state index contributed by atoms with van der Waals surface area (Å²) in [4.78, 5) is 3.73. The fourth-order valence-electron chi connectivity index (χ4n) is 3.46. The van der Waals surface area contributed by atoms with Crippen LogP contribution < -0.4 is 10.1 Å². The van der Waals surface area contributed by atoms with Crippen LogP contribution in [0, 0.1) is 5.92 Å². The lowest BCUT2D eigenvalue weighted by Crippen LogP contribution is -2.36. The van der Waals surface area contributed by atoms with Gasteiger partial charge < -0.3 is 14.6 Å². The molecule has 4 nitrogen and oxygen atoms in total. The summed E-state index contributed by atoms with van der Waals surface area (Å²) in [6.45, 7) is 3.46. The number of halogens is 3. The number of ether oxygens (including phenoxy) is 1. The van der Waals surface area contributed by atoms with E-state index in [4.69, 9.17) is 4.74 Å². The number of aromatic nitrogens is 2. The van der Waals surface area contributed by atoms with Crippen molar-refractivity contribution < 1.29 is 17.9 Å². The molecule has 2 aromatic rings. The van der Waals surface area contributed by atoms with Crippen LogP contribution in [0.3, 0.4) is 0 Å². The molecular weight excluding hydrogens is 343 g/mol. The van der Waals surface area contributed by atoms with Gasteiger partial charge in [0.05, 0.1) is 7.11 Å². The number of nitrogens with zero attached hydrogens (tertiary/aromatic N) is 2. The molecule has 1 aromatic heterocycles. The molecule has 7 heteroatoms. The van der Waals surface area contributed by atoms with Crippen LogP contribution in [0.5, 0.6) is 5.75 Å². The minimum atomic E-state index is -4.37. The number of alkyl halides is 3. The second kappa shape index (κ2) is 7.70. The number of rotatable bonds is 6. The van der Waals surface area contributed by atoms with Crippen LogP contribution in [0.25, 0.3) is 0 Å². The highest BCUT2D eigenvalue weighted by Gasteiger charge is 2.35. The SMILES string of the molecule is COc1ccccc1C[C@@H](C)NC[C@@H]1CCc2nc(C(F)(F)F)cn2C1. The molecule has 2 heterocycles. The van der Waals surface area contributed by atoms with Crippen molar-refractivity contribution in [3.8, 4) is 5.75 Å². The smallest absolute Gasteiger partial charge is 0.434 e. The number of nitrogens with one attached hydrogen (secondary N) is 1. The van der Waals surface area contributed by atoms with E-state index in [2.05, 4.69) is 17.2 Å². The van der Waals surface area contributed by atoms with Gasteiger partial charge in [-0.2, -0.15) is 13.2 Å². The van der Waals surface area contributed by atoms with E-state index in [1.54, 1.807) is 11.7 Å². The Hall–Kier alpha value is -2.02. The van der Waals surface area contributed by atoms with Crippen molar-refractivity contribution in [3.05, 3.63) is 47.5 Å². The summed E-state index contributed by atoms with van der Waals surface area (Å²) in [7, 11) is 1.66. The maximum Gasteiger partial charge on any atom is 0.434 e. The molecule has 0 amide bonds. The van der Waals surface area contributed by atoms with Gasteiger partial charge in [-0.25, -0.2) is 4.98 Å². The van der Waals surface area contributed by atoms with Gasteiger partial charge in [-0.1, -0.05) is 18.2 Å². The van der Waals surface area contributed by atoms with Crippen LogP contribution in [0.1, 0.15) is 30.4 Å². The first kappa shape index (κ1) is 18.8. The summed E-state index contributed by atoms with van der Waals surface area (Å²) in [5.74, 6) is 1.72. The van der Waals surface area contributed by atoms with Gasteiger partial charge in [0, 0.05) is 25.2 Å². The molecule has 0 fully saturated rings. The molecule has 1 aromatic carbocycles. The summed E-state index contributed by atoms with van der Waals surface area (Å²) < 4.78 is 45.4. The van der Waals surface area contributed by atoms with Gasteiger partial charge in [0.25, 0.3) is 0 Å². The van der Waals surface area contributed by atoms with Crippen molar-refractivity contribution in [3.63, 3.8) is 0 Å². The molecule has 0 saturated heterocycles. The molecule has 26 heavy (non-hydrogen) atoms. The average Bonchev–Trinajstić information content (AvgIpc) is 3.04. The maximum atomic E-state index is 12.8. The van der Waals surface area contributed by atoms with E-state index in [-0.39, 0.29) is 6.04 Å². The van der Waals surface area contributed by atoms with Crippen molar-refractivity contribution in [2.45, 2.75) is 44.9 Å². The molecule has 0 bridgehead atoms. The van der Waals surface area contributed by atoms with E-state index in [1.807, 2.05) is 24.3 Å². The highest BCUT2D eigenvalue weighted by atomic mass is 19.4. The Bertz CT molecular complexity index is 742. The standard InChI is InChI=1S/C19H24F3N3O/c1-13(9-15-5-3-4-6-16(15)26-2)23-10-14-7-8-18-24-17(19(20,21)22)12-25(18)11-14/h3-6,12-14,23H,7-11H2,1-2H3/t13-,14+/m1/s1. The lowest BCUT2D eigenvalue weighted by molar-refractivity contribution is -0.141. The molecule has 0 aliphatic carbocycles. The number of imidazole rings is 1. The number of para-hydroxylation sites is 1. The zero-order valence-electron chi connectivity index (χ0n) is 15.0. The van der Waals surface area contributed by atoms with E-state index in [0.29, 0.717) is 24.7 Å². The van der Waals surface area contributed by atoms with Crippen molar-refractivity contribution in [1.29, 1.82) is 0 Å². The normalized spacial score (nSPS) is 18.4. The Morgan fingerprint density at radius 2 is 2.12 bits per heavy atom. The van der Waals surface area contributed by atoms with Gasteiger partial charge in [-0.15, -0.1) is 0 Å². The first-order valence-electron chi connectivity index (χ1n) is 8.85. The minimum Gasteiger partial charge on any atom is -0.496 e. The number of aryl methyl sites for hydroxylation is 1. The molecule has 0 spiro atoms. The van der Waals surface area contributed by atoms with Gasteiger partial charge in [-0.3, -0.25) is 0 Å². The van der Waals surface area contributed by atoms with Crippen molar-refractivity contribution in [2.75, 3.05) is 13.7 Å². The fourth-order valence-corrected chi connectivity index (χ4v) is 3.46. The lowest BCUT2D eigenvalue weighted by atomic mass is 9.98. The Kier molecular flexibility index (Phi) is 5.55. The summed E-state index contributed by atoms with van der Waals surface area (Å²) >= 11 is 0. The average molecular weight is 367 g/mol. The molecule has 0 saturated carbocycles.